The van der Waals surface area contributed by atoms with Gasteiger partial charge in [0, 0.05) is 12.7 Å². The molecule has 0 unspecified atom stereocenters. The number of hydrogen-bond donors (Lipinski definition) is 2. The van der Waals surface area contributed by atoms with E-state index in [1.807, 2.05) is 6.92 Å². The first-order chi connectivity index (χ1) is 9.47. The maximum absolute atomic E-state index is 12.3. The van der Waals surface area contributed by atoms with Gasteiger partial charge in [0.15, 0.2) is 0 Å². The Hall–Kier alpha value is -2.44. The second-order valence-electron chi connectivity index (χ2n) is 4.56. The second-order valence-corrected chi connectivity index (χ2v) is 4.56. The summed E-state index contributed by atoms with van der Waals surface area (Å²) in [5.74, 6) is -0.829. The Bertz CT molecular complexity index is 736. The van der Waals surface area contributed by atoms with Crippen LogP contribution in [0.5, 0.6) is 0 Å². The van der Waals surface area contributed by atoms with Gasteiger partial charge in [-0.15, -0.1) is 0 Å². The Labute approximate surface area is 115 Å². The van der Waals surface area contributed by atoms with E-state index in [-0.39, 0.29) is 5.69 Å². The molecule has 0 atom stereocenters. The second kappa shape index (κ2) is 5.28. The highest BCUT2D eigenvalue weighted by molar-refractivity contribution is 6.02. The smallest absolute Gasteiger partial charge is 0.343 e. The number of carboxylic acids is 1. The number of aryl methyl sites for hydroxylation is 2. The van der Waals surface area contributed by atoms with E-state index in [9.17, 15) is 14.7 Å². The fourth-order valence-electron chi connectivity index (χ4n) is 2.07. The molecule has 106 valence electrons. The predicted molar refractivity (Wildman–Crippen MR) is 74.8 cm³/mol. The average molecular weight is 276 g/mol. The average Bonchev–Trinajstić information content (AvgIpc) is 2.38. The largest absolute Gasteiger partial charge is 0.477 e. The van der Waals surface area contributed by atoms with Crippen LogP contribution in [0, 0.1) is 6.92 Å². The Morgan fingerprint density at radius 3 is 2.80 bits per heavy atom. The van der Waals surface area contributed by atoms with E-state index in [0.29, 0.717) is 23.4 Å². The summed E-state index contributed by atoms with van der Waals surface area (Å²) in [6, 6.07) is 0. The molecule has 2 rings (SSSR count). The molecule has 7 nitrogen and oxygen atoms in total. The lowest BCUT2D eigenvalue weighted by Crippen LogP contribution is -2.29. The lowest BCUT2D eigenvalue weighted by atomic mass is 10.1. The molecule has 0 aliphatic carbocycles. The van der Waals surface area contributed by atoms with Gasteiger partial charge in [-0.05, 0) is 13.3 Å². The third kappa shape index (κ3) is 2.22. The van der Waals surface area contributed by atoms with E-state index in [2.05, 4.69) is 9.97 Å². The maximum Gasteiger partial charge on any atom is 0.343 e. The number of aromatic carboxylic acids is 1. The van der Waals surface area contributed by atoms with Gasteiger partial charge in [-0.2, -0.15) is 0 Å². The lowest BCUT2D eigenvalue weighted by Gasteiger charge is -2.13. The van der Waals surface area contributed by atoms with Crippen molar-refractivity contribution >= 4 is 22.7 Å². The fraction of sp³-hybridized carbons (Fsp3) is 0.385. The normalized spacial score (nSPS) is 10.9. The van der Waals surface area contributed by atoms with Crippen molar-refractivity contribution in [1.29, 1.82) is 0 Å². The summed E-state index contributed by atoms with van der Waals surface area (Å²) >= 11 is 0. The minimum absolute atomic E-state index is 0.0785. The molecule has 3 N–H and O–H groups in total. The van der Waals surface area contributed by atoms with Gasteiger partial charge < -0.3 is 10.8 Å². The number of hydrogen-bond acceptors (Lipinski definition) is 5. The van der Waals surface area contributed by atoms with Crippen LogP contribution >= 0.6 is 0 Å². The molecule has 0 saturated carbocycles. The minimum Gasteiger partial charge on any atom is -0.477 e. The number of unbranched alkanes of at least 4 members (excludes halogenated alkanes) is 1. The summed E-state index contributed by atoms with van der Waals surface area (Å²) in [6.45, 7) is 4.10. The number of carbonyl (C=O) groups is 1. The zero-order chi connectivity index (χ0) is 14.9. The van der Waals surface area contributed by atoms with Gasteiger partial charge in [-0.25, -0.2) is 14.8 Å². The van der Waals surface area contributed by atoms with Crippen LogP contribution in [0.25, 0.3) is 11.0 Å². The van der Waals surface area contributed by atoms with Gasteiger partial charge in [0.1, 0.15) is 17.0 Å². The van der Waals surface area contributed by atoms with Crippen molar-refractivity contribution in [2.24, 2.45) is 0 Å². The predicted octanol–water partition coefficient (Wildman–Crippen LogP) is 1.18. The molecule has 0 saturated heterocycles. The quantitative estimate of drug-likeness (QED) is 0.867. The topological polar surface area (TPSA) is 111 Å². The molecule has 2 heterocycles. The number of fused-ring (bicyclic) bond motifs is 1. The summed E-state index contributed by atoms with van der Waals surface area (Å²) in [5.41, 5.74) is 5.07. The molecular weight excluding hydrogens is 260 g/mol. The summed E-state index contributed by atoms with van der Waals surface area (Å²) in [6.07, 6.45) is 3.09. The summed E-state index contributed by atoms with van der Waals surface area (Å²) < 4.78 is 1.37. The van der Waals surface area contributed by atoms with E-state index in [4.69, 9.17) is 5.73 Å². The van der Waals surface area contributed by atoms with E-state index >= 15 is 0 Å². The minimum atomic E-state index is -1.33. The van der Waals surface area contributed by atoms with E-state index in [1.165, 1.54) is 10.8 Å². The molecular formula is C13H16N4O3. The van der Waals surface area contributed by atoms with Crippen molar-refractivity contribution in [3.05, 3.63) is 27.9 Å². The Kier molecular flexibility index (Phi) is 3.69. The van der Waals surface area contributed by atoms with E-state index in [0.717, 1.165) is 12.8 Å². The molecule has 0 fully saturated rings. The van der Waals surface area contributed by atoms with Crippen molar-refractivity contribution in [3.63, 3.8) is 0 Å². The van der Waals surface area contributed by atoms with Crippen LogP contribution < -0.4 is 11.3 Å². The molecule has 0 aliphatic heterocycles. The Morgan fingerprint density at radius 2 is 2.20 bits per heavy atom. The fourth-order valence-corrected chi connectivity index (χ4v) is 2.07. The van der Waals surface area contributed by atoms with Crippen LogP contribution in [0.3, 0.4) is 0 Å². The third-order valence-corrected chi connectivity index (χ3v) is 3.11. The first-order valence-electron chi connectivity index (χ1n) is 6.36. The van der Waals surface area contributed by atoms with Crippen LogP contribution in [-0.2, 0) is 6.54 Å². The number of nitrogens with zero attached hydrogens (tertiary/aromatic N) is 3. The lowest BCUT2D eigenvalue weighted by molar-refractivity contribution is 0.0695. The van der Waals surface area contributed by atoms with Gasteiger partial charge in [-0.1, -0.05) is 13.3 Å². The molecule has 7 heteroatoms. The summed E-state index contributed by atoms with van der Waals surface area (Å²) in [4.78, 5) is 31.8. The standard InChI is InChI=1S/C13H16N4O3/c1-3-4-5-17-11-8(6-15-7(2)16-11)10(14)9(12(17)18)13(19)20/h6H,3-5,14H2,1-2H3,(H,19,20). The first-order valence-corrected chi connectivity index (χ1v) is 6.36. The first kappa shape index (κ1) is 14.0. The van der Waals surface area contributed by atoms with Crippen molar-refractivity contribution in [3.8, 4) is 0 Å². The van der Waals surface area contributed by atoms with Crippen molar-refractivity contribution < 1.29 is 9.90 Å². The summed E-state index contributed by atoms with van der Waals surface area (Å²) in [5, 5.41) is 9.57. The third-order valence-electron chi connectivity index (χ3n) is 3.11. The zero-order valence-electron chi connectivity index (χ0n) is 11.4. The molecule has 2 aromatic heterocycles. The molecule has 20 heavy (non-hydrogen) atoms. The van der Waals surface area contributed by atoms with Crippen LogP contribution in [-0.4, -0.2) is 25.6 Å². The van der Waals surface area contributed by atoms with Crippen LogP contribution in [0.2, 0.25) is 0 Å². The van der Waals surface area contributed by atoms with Crippen molar-refractivity contribution in [2.45, 2.75) is 33.2 Å². The molecule has 0 radical (unpaired) electrons. The van der Waals surface area contributed by atoms with Crippen molar-refractivity contribution in [1.82, 2.24) is 14.5 Å². The number of nitrogen functional groups attached to an aromatic ring is 1. The Balaban J connectivity index is 2.88. The SMILES string of the molecule is CCCCn1c(=O)c(C(=O)O)c(N)c2cnc(C)nc21. The van der Waals surface area contributed by atoms with E-state index in [1.54, 1.807) is 6.92 Å². The van der Waals surface area contributed by atoms with Crippen molar-refractivity contribution in [2.75, 3.05) is 5.73 Å². The van der Waals surface area contributed by atoms with E-state index < -0.39 is 17.1 Å². The Morgan fingerprint density at radius 1 is 1.50 bits per heavy atom. The number of aromatic nitrogens is 3. The molecule has 2 aromatic rings. The molecule has 0 amide bonds. The molecule has 0 aromatic carbocycles. The van der Waals surface area contributed by atoms with Gasteiger partial charge in [-0.3, -0.25) is 9.36 Å². The zero-order valence-corrected chi connectivity index (χ0v) is 11.4. The van der Waals surface area contributed by atoms with Crippen LogP contribution in [0.15, 0.2) is 11.0 Å². The maximum atomic E-state index is 12.3. The highest BCUT2D eigenvalue weighted by Gasteiger charge is 2.21. The van der Waals surface area contributed by atoms with Gasteiger partial charge >= 0.3 is 5.97 Å². The number of nitrogens with two attached hydrogens (primary N) is 1. The molecule has 0 aliphatic rings. The van der Waals surface area contributed by atoms with Crippen LogP contribution in [0.1, 0.15) is 35.9 Å². The number of anilines is 1. The van der Waals surface area contributed by atoms with Gasteiger partial charge in [0.25, 0.3) is 5.56 Å². The van der Waals surface area contributed by atoms with Gasteiger partial charge in [0.05, 0.1) is 11.1 Å². The molecule has 0 spiro atoms. The highest BCUT2D eigenvalue weighted by Crippen LogP contribution is 2.20. The number of rotatable bonds is 4. The highest BCUT2D eigenvalue weighted by atomic mass is 16.4. The van der Waals surface area contributed by atoms with Crippen LogP contribution in [0.4, 0.5) is 5.69 Å². The summed E-state index contributed by atoms with van der Waals surface area (Å²) in [7, 11) is 0. The van der Waals surface area contributed by atoms with Gasteiger partial charge in [0.2, 0.25) is 0 Å². The molecule has 0 bridgehead atoms. The number of carboxylic acid groups (broad SMARTS) is 1. The number of pyridine rings is 1. The monoisotopic (exact) mass is 276 g/mol.